The summed E-state index contributed by atoms with van der Waals surface area (Å²) >= 11 is 0. The van der Waals surface area contributed by atoms with E-state index in [2.05, 4.69) is 10.3 Å². The molecule has 0 aliphatic carbocycles. The van der Waals surface area contributed by atoms with Gasteiger partial charge in [0, 0.05) is 24.9 Å². The largest absolute Gasteiger partial charge is 0.354 e. The van der Waals surface area contributed by atoms with Gasteiger partial charge in [-0.05, 0) is 17.7 Å². The number of amides is 1. The number of carbonyl (C=O) groups is 1. The Morgan fingerprint density at radius 1 is 1.16 bits per heavy atom. The lowest BCUT2D eigenvalue weighted by Gasteiger charge is -2.12. The summed E-state index contributed by atoms with van der Waals surface area (Å²) in [7, 11) is 0. The molecule has 1 heterocycles. The molecule has 4 nitrogen and oxygen atoms in total. The van der Waals surface area contributed by atoms with Gasteiger partial charge in [-0.25, -0.2) is 0 Å². The van der Waals surface area contributed by atoms with Crippen molar-refractivity contribution in [2.45, 2.75) is 12.5 Å². The standard InChI is InChI=1S/C15H17N3O/c16-14(12-6-2-1-3-7-12)15(19)18-11-9-13-8-4-5-10-17-13/h1-8,10,14H,9,11,16H2,(H,18,19). The normalized spacial score (nSPS) is 11.8. The molecule has 1 aromatic heterocycles. The summed E-state index contributed by atoms with van der Waals surface area (Å²) in [6.45, 7) is 0.538. The number of nitrogens with one attached hydrogen (secondary N) is 1. The van der Waals surface area contributed by atoms with E-state index in [1.165, 1.54) is 0 Å². The molecule has 0 aliphatic heterocycles. The van der Waals surface area contributed by atoms with Gasteiger partial charge in [0.2, 0.25) is 5.91 Å². The average molecular weight is 255 g/mol. The van der Waals surface area contributed by atoms with E-state index < -0.39 is 6.04 Å². The van der Waals surface area contributed by atoms with E-state index in [9.17, 15) is 4.79 Å². The number of nitrogens with zero attached hydrogens (tertiary/aromatic N) is 1. The van der Waals surface area contributed by atoms with Crippen LogP contribution in [0.5, 0.6) is 0 Å². The Balaban J connectivity index is 1.82. The van der Waals surface area contributed by atoms with Gasteiger partial charge in [0.25, 0.3) is 0 Å². The molecule has 1 aromatic carbocycles. The summed E-state index contributed by atoms with van der Waals surface area (Å²) in [5.74, 6) is -0.165. The topological polar surface area (TPSA) is 68.0 Å². The highest BCUT2D eigenvalue weighted by molar-refractivity contribution is 5.82. The van der Waals surface area contributed by atoms with Gasteiger partial charge in [-0.15, -0.1) is 0 Å². The molecule has 0 aliphatic rings. The summed E-state index contributed by atoms with van der Waals surface area (Å²) < 4.78 is 0. The van der Waals surface area contributed by atoms with Gasteiger partial charge in [-0.1, -0.05) is 36.4 Å². The Kier molecular flexibility index (Phi) is 4.64. The van der Waals surface area contributed by atoms with Crippen molar-refractivity contribution in [1.29, 1.82) is 0 Å². The molecule has 3 N–H and O–H groups in total. The van der Waals surface area contributed by atoms with Gasteiger partial charge < -0.3 is 11.1 Å². The van der Waals surface area contributed by atoms with Crippen molar-refractivity contribution >= 4 is 5.91 Å². The molecule has 2 rings (SSSR count). The van der Waals surface area contributed by atoms with Crippen molar-refractivity contribution in [1.82, 2.24) is 10.3 Å². The fourth-order valence-electron chi connectivity index (χ4n) is 1.78. The van der Waals surface area contributed by atoms with Gasteiger partial charge in [0.05, 0.1) is 0 Å². The summed E-state index contributed by atoms with van der Waals surface area (Å²) in [5, 5.41) is 2.83. The zero-order valence-electron chi connectivity index (χ0n) is 10.6. The number of hydrogen-bond donors (Lipinski definition) is 2. The van der Waals surface area contributed by atoms with Crippen LogP contribution < -0.4 is 11.1 Å². The first-order chi connectivity index (χ1) is 9.27. The van der Waals surface area contributed by atoms with Crippen LogP contribution in [0.4, 0.5) is 0 Å². The Hall–Kier alpha value is -2.20. The third-order valence-electron chi connectivity index (χ3n) is 2.85. The van der Waals surface area contributed by atoms with E-state index in [0.29, 0.717) is 13.0 Å². The average Bonchev–Trinajstić information content (AvgIpc) is 2.48. The zero-order chi connectivity index (χ0) is 13.5. The van der Waals surface area contributed by atoms with Crippen LogP contribution in [0.1, 0.15) is 17.3 Å². The van der Waals surface area contributed by atoms with Crippen LogP contribution in [0.3, 0.4) is 0 Å². The second kappa shape index (κ2) is 6.66. The van der Waals surface area contributed by atoms with E-state index in [4.69, 9.17) is 5.73 Å². The highest BCUT2D eigenvalue weighted by atomic mass is 16.2. The van der Waals surface area contributed by atoms with Gasteiger partial charge in [0.1, 0.15) is 6.04 Å². The second-order valence-corrected chi connectivity index (χ2v) is 4.25. The Morgan fingerprint density at radius 3 is 2.58 bits per heavy atom. The lowest BCUT2D eigenvalue weighted by Crippen LogP contribution is -2.35. The minimum Gasteiger partial charge on any atom is -0.354 e. The lowest BCUT2D eigenvalue weighted by molar-refractivity contribution is -0.122. The molecule has 98 valence electrons. The quantitative estimate of drug-likeness (QED) is 0.849. The molecule has 1 atom stereocenters. The van der Waals surface area contributed by atoms with Crippen LogP contribution in [0.25, 0.3) is 0 Å². The van der Waals surface area contributed by atoms with Crippen molar-refractivity contribution in [3.63, 3.8) is 0 Å². The molecule has 0 bridgehead atoms. The number of nitrogens with two attached hydrogens (primary N) is 1. The summed E-state index contributed by atoms with van der Waals surface area (Å²) in [6, 6.07) is 14.5. The van der Waals surface area contributed by atoms with Crippen molar-refractivity contribution in [2.24, 2.45) is 5.73 Å². The van der Waals surface area contributed by atoms with Gasteiger partial charge in [0.15, 0.2) is 0 Å². The first-order valence-corrected chi connectivity index (χ1v) is 6.25. The van der Waals surface area contributed by atoms with E-state index in [1.54, 1.807) is 6.20 Å². The summed E-state index contributed by atoms with van der Waals surface area (Å²) in [6.07, 6.45) is 2.45. The SMILES string of the molecule is NC(C(=O)NCCc1ccccn1)c1ccccc1. The Bertz CT molecular complexity index is 513. The molecule has 19 heavy (non-hydrogen) atoms. The second-order valence-electron chi connectivity index (χ2n) is 4.25. The monoisotopic (exact) mass is 255 g/mol. The minimum absolute atomic E-state index is 0.165. The van der Waals surface area contributed by atoms with Crippen LogP contribution in [0.2, 0.25) is 0 Å². The highest BCUT2D eigenvalue weighted by Gasteiger charge is 2.14. The summed E-state index contributed by atoms with van der Waals surface area (Å²) in [4.78, 5) is 16.1. The predicted molar refractivity (Wildman–Crippen MR) is 74.3 cm³/mol. The van der Waals surface area contributed by atoms with E-state index >= 15 is 0 Å². The molecular formula is C15H17N3O. The fourth-order valence-corrected chi connectivity index (χ4v) is 1.78. The van der Waals surface area contributed by atoms with Crippen LogP contribution in [0, 0.1) is 0 Å². The Morgan fingerprint density at radius 2 is 1.89 bits per heavy atom. The number of hydrogen-bond acceptors (Lipinski definition) is 3. The number of carbonyl (C=O) groups excluding carboxylic acids is 1. The third-order valence-corrected chi connectivity index (χ3v) is 2.85. The van der Waals surface area contributed by atoms with E-state index in [0.717, 1.165) is 11.3 Å². The van der Waals surface area contributed by atoms with Crippen LogP contribution in [0.15, 0.2) is 54.7 Å². The molecule has 4 heteroatoms. The molecule has 1 amide bonds. The van der Waals surface area contributed by atoms with E-state index in [-0.39, 0.29) is 5.91 Å². The van der Waals surface area contributed by atoms with Crippen LogP contribution >= 0.6 is 0 Å². The zero-order valence-corrected chi connectivity index (χ0v) is 10.6. The Labute approximate surface area is 112 Å². The number of benzene rings is 1. The maximum absolute atomic E-state index is 11.9. The minimum atomic E-state index is -0.620. The van der Waals surface area contributed by atoms with Gasteiger partial charge >= 0.3 is 0 Å². The van der Waals surface area contributed by atoms with Crippen molar-refractivity contribution in [2.75, 3.05) is 6.54 Å². The predicted octanol–water partition coefficient (Wildman–Crippen LogP) is 1.44. The lowest BCUT2D eigenvalue weighted by atomic mass is 10.1. The molecule has 0 fully saturated rings. The first-order valence-electron chi connectivity index (χ1n) is 6.25. The molecule has 1 unspecified atom stereocenters. The fraction of sp³-hybridized carbons (Fsp3) is 0.200. The molecule has 0 radical (unpaired) electrons. The van der Waals surface area contributed by atoms with E-state index in [1.807, 2.05) is 48.5 Å². The van der Waals surface area contributed by atoms with Crippen LogP contribution in [-0.2, 0) is 11.2 Å². The third kappa shape index (κ3) is 3.89. The van der Waals surface area contributed by atoms with Crippen LogP contribution in [-0.4, -0.2) is 17.4 Å². The van der Waals surface area contributed by atoms with Gasteiger partial charge in [-0.2, -0.15) is 0 Å². The summed E-state index contributed by atoms with van der Waals surface area (Å²) in [5.41, 5.74) is 7.66. The van der Waals surface area contributed by atoms with Crippen molar-refractivity contribution < 1.29 is 4.79 Å². The molecular weight excluding hydrogens is 238 g/mol. The number of aromatic nitrogens is 1. The van der Waals surface area contributed by atoms with Gasteiger partial charge in [-0.3, -0.25) is 9.78 Å². The van der Waals surface area contributed by atoms with Crippen molar-refractivity contribution in [3.05, 3.63) is 66.0 Å². The molecule has 2 aromatic rings. The maximum Gasteiger partial charge on any atom is 0.241 e. The molecule has 0 saturated carbocycles. The smallest absolute Gasteiger partial charge is 0.241 e. The highest BCUT2D eigenvalue weighted by Crippen LogP contribution is 2.09. The first kappa shape index (κ1) is 13.2. The number of pyridine rings is 1. The molecule has 0 spiro atoms. The molecule has 0 saturated heterocycles. The number of rotatable bonds is 5. The maximum atomic E-state index is 11.9. The van der Waals surface area contributed by atoms with Crippen molar-refractivity contribution in [3.8, 4) is 0 Å².